The van der Waals surface area contributed by atoms with Crippen LogP contribution in [-0.2, 0) is 17.1 Å². The van der Waals surface area contributed by atoms with Gasteiger partial charge in [0.05, 0.1) is 12.7 Å². The van der Waals surface area contributed by atoms with Gasteiger partial charge in [-0.3, -0.25) is 4.57 Å². The van der Waals surface area contributed by atoms with E-state index in [-0.39, 0.29) is 12.7 Å². The molecule has 0 aromatic rings. The molecule has 2 aliphatic heterocycles. The van der Waals surface area contributed by atoms with Crippen LogP contribution in [0, 0.1) is 0 Å². The minimum absolute atomic E-state index is 0.176. The van der Waals surface area contributed by atoms with E-state index in [0.717, 1.165) is 5.82 Å². The molecule has 4 atom stereocenters. The predicted octanol–water partition coefficient (Wildman–Crippen LogP) is 0.465. The maximum Gasteiger partial charge on any atom is 0.348 e. The summed E-state index contributed by atoms with van der Waals surface area (Å²) in [6.45, 7) is 0.176. The molecule has 0 spiro atoms. The molecule has 2 bridgehead atoms. The zero-order chi connectivity index (χ0) is 12.7. The zero-order valence-corrected chi connectivity index (χ0v) is 11.8. The highest BCUT2D eigenvalue weighted by Gasteiger charge is 2.55. The molecule has 2 radical (unpaired) electrons. The summed E-state index contributed by atoms with van der Waals surface area (Å²) in [6, 6.07) is -0.522. The Morgan fingerprint density at radius 1 is 1.59 bits per heavy atom. The number of fused-ring (bicyclic) bond motifs is 2. The van der Waals surface area contributed by atoms with Gasteiger partial charge in [-0.1, -0.05) is 0 Å². The van der Waals surface area contributed by atoms with Gasteiger partial charge in [0.15, 0.2) is 0 Å². The first-order chi connectivity index (χ1) is 7.86. The monoisotopic (exact) mass is 372 g/mol. The Kier molecular flexibility index (Phi) is 4.05. The Hall–Kier alpha value is 0.565. The van der Waals surface area contributed by atoms with Gasteiger partial charge < -0.3 is 22.3 Å². The summed E-state index contributed by atoms with van der Waals surface area (Å²) in [7, 11) is 1.47. The molecular weight excluding hydrogens is 361 g/mol. The van der Waals surface area contributed by atoms with Crippen molar-refractivity contribution in [3.63, 3.8) is 0 Å². The van der Waals surface area contributed by atoms with Crippen LogP contribution in [-0.4, -0.2) is 48.1 Å². The molecule has 6 nitrogen and oxygen atoms in total. The van der Waals surface area contributed by atoms with Crippen LogP contribution in [0.4, 0.5) is 0 Å². The maximum atomic E-state index is 10.9. The van der Waals surface area contributed by atoms with Crippen LogP contribution in [0.1, 0.15) is 6.42 Å². The Bertz CT molecular complexity index is 373. The molecule has 0 amide bonds. The summed E-state index contributed by atoms with van der Waals surface area (Å²) in [4.78, 5) is 17.7. The summed E-state index contributed by atoms with van der Waals surface area (Å²) in [6.07, 6.45) is 1.18. The van der Waals surface area contributed by atoms with Gasteiger partial charge in [-0.2, -0.15) is 0 Å². The maximum absolute atomic E-state index is 10.9. The van der Waals surface area contributed by atoms with Crippen molar-refractivity contribution >= 4 is 38.4 Å². The first kappa shape index (κ1) is 14.0. The SMILES string of the molecule is [B]C1CC2OCC(/C=C/P(=O)(O)O)(O1)C2OI. The van der Waals surface area contributed by atoms with Gasteiger partial charge >= 0.3 is 7.60 Å². The molecule has 0 aromatic carbocycles. The fourth-order valence-corrected chi connectivity index (χ4v) is 3.32. The molecule has 2 rings (SSSR count). The van der Waals surface area contributed by atoms with Crippen molar-refractivity contribution in [2.75, 3.05) is 6.61 Å². The van der Waals surface area contributed by atoms with Crippen LogP contribution in [0.5, 0.6) is 0 Å². The average Bonchev–Trinajstić information content (AvgIpc) is 2.44. The largest absolute Gasteiger partial charge is 0.372 e. The first-order valence-electron chi connectivity index (χ1n) is 4.94. The molecule has 0 aromatic heterocycles. The fraction of sp³-hybridized carbons (Fsp3) is 0.750. The molecule has 2 saturated heterocycles. The molecule has 2 fully saturated rings. The molecule has 9 heteroatoms. The van der Waals surface area contributed by atoms with E-state index in [1.54, 1.807) is 23.0 Å². The highest BCUT2D eigenvalue weighted by atomic mass is 127. The van der Waals surface area contributed by atoms with Crippen LogP contribution in [0.2, 0.25) is 0 Å². The van der Waals surface area contributed by atoms with Crippen LogP contribution in [0.3, 0.4) is 0 Å². The third kappa shape index (κ3) is 2.94. The number of halogens is 1. The Balaban J connectivity index is 2.26. The van der Waals surface area contributed by atoms with Crippen LogP contribution in [0.15, 0.2) is 11.9 Å². The van der Waals surface area contributed by atoms with Gasteiger partial charge in [-0.25, -0.2) is 0 Å². The number of rotatable bonds is 3. The number of hydrogen-bond donors (Lipinski definition) is 2. The highest BCUT2D eigenvalue weighted by Crippen LogP contribution is 2.44. The van der Waals surface area contributed by atoms with Crippen molar-refractivity contribution in [2.24, 2.45) is 0 Å². The van der Waals surface area contributed by atoms with Gasteiger partial charge in [0.25, 0.3) is 0 Å². The van der Waals surface area contributed by atoms with Crippen LogP contribution < -0.4 is 0 Å². The lowest BCUT2D eigenvalue weighted by atomic mass is 9.83. The van der Waals surface area contributed by atoms with E-state index >= 15 is 0 Å². The van der Waals surface area contributed by atoms with Crippen LogP contribution in [0.25, 0.3) is 0 Å². The lowest BCUT2D eigenvalue weighted by molar-refractivity contribution is -0.0953. The number of hydrogen-bond acceptors (Lipinski definition) is 4. The van der Waals surface area contributed by atoms with E-state index in [1.165, 1.54) is 6.08 Å². The molecule has 0 saturated carbocycles. The average molecular weight is 372 g/mol. The van der Waals surface area contributed by atoms with Gasteiger partial charge in [0.2, 0.25) is 0 Å². The van der Waals surface area contributed by atoms with Gasteiger partial charge in [-0.05, 0) is 12.5 Å². The Morgan fingerprint density at radius 2 is 2.29 bits per heavy atom. The fourth-order valence-electron chi connectivity index (χ4n) is 2.11. The van der Waals surface area contributed by atoms with E-state index in [4.69, 9.17) is 30.2 Å². The topological polar surface area (TPSA) is 85.2 Å². The molecule has 2 N–H and O–H groups in total. The van der Waals surface area contributed by atoms with E-state index in [2.05, 4.69) is 0 Å². The van der Waals surface area contributed by atoms with Gasteiger partial charge in [0.1, 0.15) is 42.6 Å². The van der Waals surface area contributed by atoms with Crippen LogP contribution >= 0.6 is 30.6 Å². The van der Waals surface area contributed by atoms with E-state index in [0.29, 0.717) is 6.42 Å². The zero-order valence-electron chi connectivity index (χ0n) is 8.73. The Labute approximate surface area is 114 Å². The van der Waals surface area contributed by atoms with E-state index in [9.17, 15) is 4.57 Å². The smallest absolute Gasteiger partial charge is 0.348 e. The van der Waals surface area contributed by atoms with Crippen molar-refractivity contribution in [1.82, 2.24) is 0 Å². The summed E-state index contributed by atoms with van der Waals surface area (Å²) < 4.78 is 27.2. The summed E-state index contributed by atoms with van der Waals surface area (Å²) >= 11 is 1.73. The molecule has 2 heterocycles. The van der Waals surface area contributed by atoms with Crippen molar-refractivity contribution in [1.29, 1.82) is 0 Å². The predicted molar refractivity (Wildman–Crippen MR) is 67.8 cm³/mol. The first-order valence-corrected chi connectivity index (χ1v) is 7.50. The molecule has 94 valence electrons. The summed E-state index contributed by atoms with van der Waals surface area (Å²) in [5.41, 5.74) is -1.01. The van der Waals surface area contributed by atoms with Gasteiger partial charge in [0, 0.05) is 11.8 Å². The third-order valence-electron chi connectivity index (χ3n) is 2.82. The number of ether oxygens (including phenoxy) is 2. The molecule has 4 unspecified atom stereocenters. The van der Waals surface area contributed by atoms with Crippen molar-refractivity contribution < 1.29 is 26.9 Å². The Morgan fingerprint density at radius 3 is 2.88 bits per heavy atom. The normalized spacial score (nSPS) is 42.2. The lowest BCUT2D eigenvalue weighted by Gasteiger charge is -2.38. The second-order valence-electron chi connectivity index (χ2n) is 4.11. The standard InChI is InChI=1S/C8H11BIO6P/c9-6-3-5-7(16-10)8(15-6,4-14-5)1-2-17(11,12)13/h1-2,5-7H,3-4H2,(H2,11,12,13)/b2-1+. The summed E-state index contributed by atoms with van der Waals surface area (Å²) in [5.74, 6) is 0.805. The van der Waals surface area contributed by atoms with Crippen molar-refractivity contribution in [3.8, 4) is 0 Å². The second kappa shape index (κ2) is 4.92. The molecule has 2 aliphatic rings. The lowest BCUT2D eigenvalue weighted by Crippen LogP contribution is -2.52. The molecular formula is C8H11BIO6P. The quantitative estimate of drug-likeness (QED) is 0.426. The third-order valence-corrected chi connectivity index (χ3v) is 3.91. The summed E-state index contributed by atoms with van der Waals surface area (Å²) in [5, 5.41) is 0. The minimum atomic E-state index is -4.24. The second-order valence-corrected chi connectivity index (χ2v) is 6.10. The molecule has 17 heavy (non-hydrogen) atoms. The van der Waals surface area contributed by atoms with E-state index in [1.807, 2.05) is 0 Å². The van der Waals surface area contributed by atoms with Crippen molar-refractivity contribution in [2.45, 2.75) is 30.2 Å². The van der Waals surface area contributed by atoms with Crippen molar-refractivity contribution in [3.05, 3.63) is 11.9 Å². The van der Waals surface area contributed by atoms with E-state index < -0.39 is 25.3 Å². The minimum Gasteiger partial charge on any atom is -0.372 e. The molecule has 0 aliphatic carbocycles. The highest BCUT2D eigenvalue weighted by molar-refractivity contribution is 14.1. The van der Waals surface area contributed by atoms with Gasteiger partial charge in [-0.15, -0.1) is 0 Å².